The lowest BCUT2D eigenvalue weighted by molar-refractivity contribution is -0.137. The fraction of sp³-hybridized carbons (Fsp3) is 0.778. The van der Waals surface area contributed by atoms with Crippen LogP contribution in [0.1, 0.15) is 33.1 Å². The molecular formula is C9H14N2O. The number of carbonyl (C=O) groups excluding carboxylic acids is 1. The Bertz CT molecular complexity index is 227. The van der Waals surface area contributed by atoms with Gasteiger partial charge in [0.15, 0.2) is 0 Å². The van der Waals surface area contributed by atoms with Crippen LogP contribution in [0.2, 0.25) is 0 Å². The van der Waals surface area contributed by atoms with Crippen molar-refractivity contribution in [3.05, 3.63) is 0 Å². The molecule has 0 atom stereocenters. The molecule has 12 heavy (non-hydrogen) atoms. The van der Waals surface area contributed by atoms with Crippen LogP contribution in [-0.2, 0) is 4.79 Å². The van der Waals surface area contributed by atoms with Gasteiger partial charge in [-0.15, -0.1) is 0 Å². The highest BCUT2D eigenvalue weighted by Crippen LogP contribution is 2.20. The van der Waals surface area contributed by atoms with Gasteiger partial charge in [-0.25, -0.2) is 0 Å². The maximum absolute atomic E-state index is 11.4. The average Bonchev–Trinajstić information content (AvgIpc) is 2.05. The highest BCUT2D eigenvalue weighted by atomic mass is 16.2. The molecule has 1 fully saturated rings. The van der Waals surface area contributed by atoms with Crippen LogP contribution >= 0.6 is 0 Å². The van der Waals surface area contributed by atoms with E-state index in [-0.39, 0.29) is 5.91 Å². The third kappa shape index (κ3) is 1.58. The molecule has 0 N–H and O–H groups in total. The van der Waals surface area contributed by atoms with E-state index in [2.05, 4.69) is 6.07 Å². The number of amides is 1. The summed E-state index contributed by atoms with van der Waals surface area (Å²) in [5.74, 6) is 0.118. The molecule has 0 aliphatic carbocycles. The van der Waals surface area contributed by atoms with Crippen LogP contribution in [0.25, 0.3) is 0 Å². The number of rotatable bonds is 1. The zero-order chi connectivity index (χ0) is 9.19. The number of carbonyl (C=O) groups is 1. The lowest BCUT2D eigenvalue weighted by Gasteiger charge is -2.35. The Hall–Kier alpha value is -1.04. The minimum atomic E-state index is -0.627. The van der Waals surface area contributed by atoms with Gasteiger partial charge < -0.3 is 4.90 Å². The van der Waals surface area contributed by atoms with Crippen molar-refractivity contribution in [2.24, 2.45) is 0 Å². The number of likely N-dealkylation sites (tertiary alicyclic amines) is 1. The number of piperidine rings is 1. The third-order valence-corrected chi connectivity index (χ3v) is 2.27. The zero-order valence-corrected chi connectivity index (χ0v) is 7.63. The summed E-state index contributed by atoms with van der Waals surface area (Å²) in [5, 5.41) is 8.82. The highest BCUT2D eigenvalue weighted by molar-refractivity contribution is 5.78. The summed E-state index contributed by atoms with van der Waals surface area (Å²) in [6, 6.07) is 2.15. The first-order valence-corrected chi connectivity index (χ1v) is 4.29. The largest absolute Gasteiger partial charge is 0.325 e. The maximum atomic E-state index is 11.4. The van der Waals surface area contributed by atoms with Gasteiger partial charge >= 0.3 is 0 Å². The van der Waals surface area contributed by atoms with E-state index in [4.69, 9.17) is 5.26 Å². The van der Waals surface area contributed by atoms with Crippen LogP contribution < -0.4 is 0 Å². The SMILES string of the molecule is CC(C)(C#N)N1CCCCC1=O. The predicted molar refractivity (Wildman–Crippen MR) is 45.3 cm³/mol. The van der Waals surface area contributed by atoms with E-state index < -0.39 is 5.54 Å². The van der Waals surface area contributed by atoms with Gasteiger partial charge in [-0.3, -0.25) is 4.79 Å². The summed E-state index contributed by atoms with van der Waals surface area (Å²) in [7, 11) is 0. The molecule has 3 nitrogen and oxygen atoms in total. The van der Waals surface area contributed by atoms with Crippen molar-refractivity contribution in [3.8, 4) is 6.07 Å². The van der Waals surface area contributed by atoms with Gasteiger partial charge in [0.2, 0.25) is 5.91 Å². The topological polar surface area (TPSA) is 44.1 Å². The minimum Gasteiger partial charge on any atom is -0.325 e. The molecule has 0 aromatic heterocycles. The molecular weight excluding hydrogens is 152 g/mol. The molecule has 1 amide bonds. The summed E-state index contributed by atoms with van der Waals surface area (Å²) >= 11 is 0. The second kappa shape index (κ2) is 3.14. The fourth-order valence-corrected chi connectivity index (χ4v) is 1.46. The van der Waals surface area contributed by atoms with Gasteiger partial charge in [0.1, 0.15) is 5.54 Å². The number of hydrogen-bond acceptors (Lipinski definition) is 2. The Labute approximate surface area is 73.0 Å². The first-order valence-electron chi connectivity index (χ1n) is 4.29. The van der Waals surface area contributed by atoms with Gasteiger partial charge in [-0.1, -0.05) is 0 Å². The van der Waals surface area contributed by atoms with E-state index in [9.17, 15) is 4.79 Å². The number of nitriles is 1. The Kier molecular flexibility index (Phi) is 2.37. The number of hydrogen-bond donors (Lipinski definition) is 0. The van der Waals surface area contributed by atoms with Gasteiger partial charge in [-0.2, -0.15) is 5.26 Å². The van der Waals surface area contributed by atoms with Crippen molar-refractivity contribution in [1.29, 1.82) is 5.26 Å². The molecule has 1 aliphatic rings. The van der Waals surface area contributed by atoms with E-state index >= 15 is 0 Å². The van der Waals surface area contributed by atoms with Gasteiger partial charge in [0.05, 0.1) is 6.07 Å². The molecule has 0 aromatic rings. The van der Waals surface area contributed by atoms with Gasteiger partial charge in [-0.05, 0) is 26.7 Å². The molecule has 0 spiro atoms. The van der Waals surface area contributed by atoms with E-state index in [1.807, 2.05) is 0 Å². The Morgan fingerprint density at radius 3 is 2.67 bits per heavy atom. The van der Waals surface area contributed by atoms with Crippen molar-refractivity contribution in [2.75, 3.05) is 6.54 Å². The summed E-state index contributed by atoms with van der Waals surface area (Å²) in [5.41, 5.74) is -0.627. The van der Waals surface area contributed by atoms with Crippen LogP contribution in [0, 0.1) is 11.3 Å². The molecule has 66 valence electrons. The molecule has 3 heteroatoms. The second-order valence-corrected chi connectivity index (χ2v) is 3.67. The van der Waals surface area contributed by atoms with E-state index in [0.29, 0.717) is 6.42 Å². The van der Waals surface area contributed by atoms with Crippen molar-refractivity contribution in [3.63, 3.8) is 0 Å². The molecule has 0 saturated carbocycles. The summed E-state index contributed by atoms with van der Waals surface area (Å²) in [6.07, 6.45) is 2.60. The van der Waals surface area contributed by atoms with Crippen molar-refractivity contribution in [2.45, 2.75) is 38.6 Å². The molecule has 1 aliphatic heterocycles. The lowest BCUT2D eigenvalue weighted by atomic mass is 10.00. The molecule has 0 aromatic carbocycles. The molecule has 0 radical (unpaired) electrons. The predicted octanol–water partition coefficient (Wildman–Crippen LogP) is 1.30. The first-order chi connectivity index (χ1) is 5.58. The molecule has 1 heterocycles. The Balaban J connectivity index is 2.73. The Morgan fingerprint density at radius 2 is 2.17 bits per heavy atom. The highest BCUT2D eigenvalue weighted by Gasteiger charge is 2.31. The van der Waals surface area contributed by atoms with Crippen molar-refractivity contribution >= 4 is 5.91 Å². The fourth-order valence-electron chi connectivity index (χ4n) is 1.46. The van der Waals surface area contributed by atoms with Crippen LogP contribution in [0.3, 0.4) is 0 Å². The summed E-state index contributed by atoms with van der Waals surface area (Å²) in [6.45, 7) is 4.31. The number of nitrogens with zero attached hydrogens (tertiary/aromatic N) is 2. The van der Waals surface area contributed by atoms with Crippen LogP contribution in [0.5, 0.6) is 0 Å². The molecule has 1 rings (SSSR count). The molecule has 0 bridgehead atoms. The maximum Gasteiger partial charge on any atom is 0.223 e. The standard InChI is InChI=1S/C9H14N2O/c1-9(2,7-10)11-6-4-3-5-8(11)12/h3-6H2,1-2H3. The normalized spacial score (nSPS) is 19.1. The van der Waals surface area contributed by atoms with Crippen LogP contribution in [0.15, 0.2) is 0 Å². The monoisotopic (exact) mass is 166 g/mol. The van der Waals surface area contributed by atoms with Crippen LogP contribution in [0.4, 0.5) is 0 Å². The van der Waals surface area contributed by atoms with Gasteiger partial charge in [0, 0.05) is 13.0 Å². The third-order valence-electron chi connectivity index (χ3n) is 2.27. The van der Waals surface area contributed by atoms with Crippen molar-refractivity contribution < 1.29 is 4.79 Å². The van der Waals surface area contributed by atoms with Crippen molar-refractivity contribution in [1.82, 2.24) is 4.90 Å². The average molecular weight is 166 g/mol. The summed E-state index contributed by atoms with van der Waals surface area (Å²) in [4.78, 5) is 13.1. The molecule has 1 saturated heterocycles. The van der Waals surface area contributed by atoms with E-state index in [0.717, 1.165) is 19.4 Å². The zero-order valence-electron chi connectivity index (χ0n) is 7.63. The smallest absolute Gasteiger partial charge is 0.223 e. The quantitative estimate of drug-likeness (QED) is 0.589. The minimum absolute atomic E-state index is 0.118. The first kappa shape index (κ1) is 9.05. The van der Waals surface area contributed by atoms with Crippen LogP contribution in [-0.4, -0.2) is 22.9 Å². The Morgan fingerprint density at radius 1 is 1.50 bits per heavy atom. The lowest BCUT2D eigenvalue weighted by Crippen LogP contribution is -2.49. The van der Waals surface area contributed by atoms with E-state index in [1.165, 1.54) is 0 Å². The second-order valence-electron chi connectivity index (χ2n) is 3.67. The summed E-state index contributed by atoms with van der Waals surface area (Å²) < 4.78 is 0. The molecule has 0 unspecified atom stereocenters. The van der Waals surface area contributed by atoms with E-state index in [1.54, 1.807) is 18.7 Å². The van der Waals surface area contributed by atoms with Gasteiger partial charge in [0.25, 0.3) is 0 Å².